The molecule has 140 valence electrons. The number of hydrogen-bond acceptors (Lipinski definition) is 4. The second kappa shape index (κ2) is 7.68. The number of hydrogen-bond donors (Lipinski definition) is 1. The molecule has 0 aliphatic carbocycles. The van der Waals surface area contributed by atoms with Crippen molar-refractivity contribution in [2.75, 3.05) is 0 Å². The quantitative estimate of drug-likeness (QED) is 0.608. The van der Waals surface area contributed by atoms with Crippen molar-refractivity contribution >= 4 is 11.6 Å². The van der Waals surface area contributed by atoms with Crippen molar-refractivity contribution in [3.8, 4) is 0 Å². The number of nitrogens with one attached hydrogen (secondary N) is 1. The van der Waals surface area contributed by atoms with Crippen LogP contribution in [0.4, 0.5) is 5.69 Å². The molecule has 1 aromatic carbocycles. The third-order valence-corrected chi connectivity index (χ3v) is 4.45. The Morgan fingerprint density at radius 3 is 2.50 bits per heavy atom. The zero-order chi connectivity index (χ0) is 19.5. The molecule has 0 radical (unpaired) electrons. The number of nitrogens with zero attached hydrogens (tertiary/aromatic N) is 3. The molecule has 0 aliphatic rings. The number of carbonyl (C=O) groups is 1. The first-order valence-corrected chi connectivity index (χ1v) is 8.64. The van der Waals surface area contributed by atoms with Gasteiger partial charge in [0.05, 0.1) is 11.5 Å². The molecule has 1 amide bonds. The molecule has 1 heterocycles. The van der Waals surface area contributed by atoms with Gasteiger partial charge < -0.3 is 5.32 Å². The maximum absolute atomic E-state index is 12.4. The van der Waals surface area contributed by atoms with E-state index in [1.54, 1.807) is 13.8 Å². The summed E-state index contributed by atoms with van der Waals surface area (Å²) < 4.78 is 1.53. The van der Waals surface area contributed by atoms with Crippen molar-refractivity contribution in [1.29, 1.82) is 0 Å². The third-order valence-electron chi connectivity index (χ3n) is 4.45. The van der Waals surface area contributed by atoms with E-state index in [9.17, 15) is 14.9 Å². The highest BCUT2D eigenvalue weighted by Gasteiger charge is 2.24. The summed E-state index contributed by atoms with van der Waals surface area (Å²) in [6.07, 6.45) is 0.951. The normalized spacial score (nSPS) is 11.4. The lowest BCUT2D eigenvalue weighted by Gasteiger charge is -2.27. The Kier molecular flexibility index (Phi) is 5.79. The van der Waals surface area contributed by atoms with Crippen LogP contribution in [0.3, 0.4) is 0 Å². The topological polar surface area (TPSA) is 90.1 Å². The molecular formula is C19H26N4O3. The van der Waals surface area contributed by atoms with E-state index in [1.165, 1.54) is 15.8 Å². The third kappa shape index (κ3) is 4.68. The smallest absolute Gasteiger partial charge is 0.312 e. The molecular weight excluding hydrogens is 332 g/mol. The molecule has 0 atom stereocenters. The van der Waals surface area contributed by atoms with Crippen LogP contribution >= 0.6 is 0 Å². The Balaban J connectivity index is 1.97. The van der Waals surface area contributed by atoms with E-state index in [-0.39, 0.29) is 23.6 Å². The average Bonchev–Trinajstić information content (AvgIpc) is 2.81. The molecule has 0 unspecified atom stereocenters. The van der Waals surface area contributed by atoms with E-state index in [1.807, 2.05) is 26.0 Å². The van der Waals surface area contributed by atoms with Gasteiger partial charge in [-0.05, 0) is 52.2 Å². The van der Waals surface area contributed by atoms with Crippen molar-refractivity contribution in [3.05, 3.63) is 56.9 Å². The van der Waals surface area contributed by atoms with Crippen molar-refractivity contribution in [2.24, 2.45) is 0 Å². The molecule has 0 saturated carbocycles. The molecule has 7 heteroatoms. The zero-order valence-corrected chi connectivity index (χ0v) is 16.0. The molecule has 0 aliphatic heterocycles. The Hall–Kier alpha value is -2.70. The Morgan fingerprint density at radius 1 is 1.27 bits per heavy atom. The van der Waals surface area contributed by atoms with Gasteiger partial charge in [-0.2, -0.15) is 5.10 Å². The monoisotopic (exact) mass is 358 g/mol. The molecule has 0 fully saturated rings. The molecule has 0 spiro atoms. The highest BCUT2D eigenvalue weighted by molar-refractivity contribution is 5.76. The van der Waals surface area contributed by atoms with E-state index in [0.29, 0.717) is 17.9 Å². The highest BCUT2D eigenvalue weighted by Crippen LogP contribution is 2.22. The lowest BCUT2D eigenvalue weighted by Crippen LogP contribution is -2.45. The lowest BCUT2D eigenvalue weighted by molar-refractivity contribution is -0.386. The summed E-state index contributed by atoms with van der Waals surface area (Å²) >= 11 is 0. The zero-order valence-electron chi connectivity index (χ0n) is 16.0. The molecule has 1 aromatic heterocycles. The fourth-order valence-electron chi connectivity index (χ4n) is 3.15. The van der Waals surface area contributed by atoms with Gasteiger partial charge >= 0.3 is 5.69 Å². The second-order valence-corrected chi connectivity index (χ2v) is 7.29. The van der Waals surface area contributed by atoms with Crippen LogP contribution in [0.5, 0.6) is 0 Å². The van der Waals surface area contributed by atoms with Gasteiger partial charge in [-0.15, -0.1) is 0 Å². The van der Waals surface area contributed by atoms with Crippen LogP contribution in [-0.4, -0.2) is 26.1 Å². The first-order valence-electron chi connectivity index (χ1n) is 8.64. The van der Waals surface area contributed by atoms with E-state index in [4.69, 9.17) is 0 Å². The van der Waals surface area contributed by atoms with Crippen LogP contribution in [-0.2, 0) is 17.8 Å². The summed E-state index contributed by atoms with van der Waals surface area (Å²) in [6, 6.07) is 8.12. The summed E-state index contributed by atoms with van der Waals surface area (Å²) in [5.41, 5.74) is 2.87. The minimum atomic E-state index is -0.431. The van der Waals surface area contributed by atoms with Crippen molar-refractivity contribution < 1.29 is 9.72 Å². The van der Waals surface area contributed by atoms with Crippen molar-refractivity contribution in [3.63, 3.8) is 0 Å². The largest absolute Gasteiger partial charge is 0.351 e. The minimum Gasteiger partial charge on any atom is -0.351 e. The maximum Gasteiger partial charge on any atom is 0.312 e. The van der Waals surface area contributed by atoms with E-state index >= 15 is 0 Å². The number of benzene rings is 1. The van der Waals surface area contributed by atoms with Gasteiger partial charge in [0.1, 0.15) is 11.4 Å². The van der Waals surface area contributed by atoms with Crippen LogP contribution in [0.25, 0.3) is 0 Å². The first kappa shape index (κ1) is 19.6. The number of nitro groups is 1. The van der Waals surface area contributed by atoms with Gasteiger partial charge in [0.25, 0.3) is 0 Å². The van der Waals surface area contributed by atoms with Crippen molar-refractivity contribution in [2.45, 2.75) is 59.5 Å². The number of aryl methyl sites for hydroxylation is 3. The number of rotatable bonds is 7. The number of carbonyl (C=O) groups excluding carboxylic acids is 1. The molecule has 0 bridgehead atoms. The fourth-order valence-corrected chi connectivity index (χ4v) is 3.15. The van der Waals surface area contributed by atoms with Gasteiger partial charge in [0, 0.05) is 12.0 Å². The summed E-state index contributed by atoms with van der Waals surface area (Å²) in [5, 5.41) is 18.3. The van der Waals surface area contributed by atoms with E-state index < -0.39 is 4.92 Å². The second-order valence-electron chi connectivity index (χ2n) is 7.29. The minimum absolute atomic E-state index is 0.0188. The van der Waals surface area contributed by atoms with E-state index in [0.717, 1.165) is 6.42 Å². The Bertz CT molecular complexity index is 824. The summed E-state index contributed by atoms with van der Waals surface area (Å²) in [6.45, 7) is 9.61. The highest BCUT2D eigenvalue weighted by atomic mass is 16.6. The Labute approximate surface area is 153 Å². The van der Waals surface area contributed by atoms with Crippen LogP contribution in [0.2, 0.25) is 0 Å². The molecule has 1 N–H and O–H groups in total. The van der Waals surface area contributed by atoms with E-state index in [2.05, 4.69) is 29.5 Å². The first-order chi connectivity index (χ1) is 12.1. The van der Waals surface area contributed by atoms with Gasteiger partial charge in [0.15, 0.2) is 0 Å². The molecule has 2 rings (SSSR count). The van der Waals surface area contributed by atoms with Crippen LogP contribution in [0.15, 0.2) is 24.3 Å². The SMILES string of the molecule is Cc1ccccc1CC(C)(C)NC(=O)CCn1nc(C)c([N+](=O)[O-])c1C. The molecule has 2 aromatic rings. The fraction of sp³-hybridized carbons (Fsp3) is 0.474. The summed E-state index contributed by atoms with van der Waals surface area (Å²) in [7, 11) is 0. The molecule has 0 saturated heterocycles. The average molecular weight is 358 g/mol. The van der Waals surface area contributed by atoms with Gasteiger partial charge in [-0.25, -0.2) is 0 Å². The van der Waals surface area contributed by atoms with Gasteiger partial charge in [-0.1, -0.05) is 24.3 Å². The standard InChI is InChI=1S/C19H26N4O3/c1-13-8-6-7-9-16(13)12-19(4,5)20-17(24)10-11-22-15(3)18(23(25)26)14(2)21-22/h6-9H,10-12H2,1-5H3,(H,20,24). The van der Waals surface area contributed by atoms with Crippen LogP contribution in [0, 0.1) is 30.9 Å². The lowest BCUT2D eigenvalue weighted by atomic mass is 9.92. The Morgan fingerprint density at radius 2 is 1.92 bits per heavy atom. The maximum atomic E-state index is 12.4. The predicted molar refractivity (Wildman–Crippen MR) is 100 cm³/mol. The van der Waals surface area contributed by atoms with Crippen LogP contribution in [0.1, 0.15) is 42.8 Å². The number of amides is 1. The van der Waals surface area contributed by atoms with Crippen molar-refractivity contribution in [1.82, 2.24) is 15.1 Å². The summed E-state index contributed by atoms with van der Waals surface area (Å²) in [5.74, 6) is -0.0983. The number of aromatic nitrogens is 2. The molecule has 7 nitrogen and oxygen atoms in total. The van der Waals surface area contributed by atoms with Gasteiger partial charge in [0.2, 0.25) is 5.91 Å². The molecule has 26 heavy (non-hydrogen) atoms. The van der Waals surface area contributed by atoms with Gasteiger partial charge in [-0.3, -0.25) is 19.6 Å². The summed E-state index contributed by atoms with van der Waals surface area (Å²) in [4.78, 5) is 23.0. The van der Waals surface area contributed by atoms with Crippen LogP contribution < -0.4 is 5.32 Å². The predicted octanol–water partition coefficient (Wildman–Crippen LogP) is 3.24.